The van der Waals surface area contributed by atoms with Crippen LogP contribution < -0.4 is 5.32 Å². The van der Waals surface area contributed by atoms with Gasteiger partial charge >= 0.3 is 0 Å². The Morgan fingerprint density at radius 1 is 1.13 bits per heavy atom. The lowest BCUT2D eigenvalue weighted by Crippen LogP contribution is -2.53. The van der Waals surface area contributed by atoms with Gasteiger partial charge in [-0.15, -0.1) is 0 Å². The van der Waals surface area contributed by atoms with Crippen LogP contribution in [0.25, 0.3) is 0 Å². The SMILES string of the molecule is CC(C(=O)Nc1cc(Cl)ccc1Cl)N1CCN(S(=O)(=O)c2cccc([N+](=O)[O-])c2)CC1. The summed E-state index contributed by atoms with van der Waals surface area (Å²) in [7, 11) is -3.88. The number of nitro benzene ring substituents is 1. The highest BCUT2D eigenvalue weighted by atomic mass is 35.5. The number of hydrogen-bond acceptors (Lipinski definition) is 6. The molecule has 12 heteroatoms. The predicted octanol–water partition coefficient (Wildman–Crippen LogP) is 3.24. The smallest absolute Gasteiger partial charge is 0.270 e. The second-order valence-electron chi connectivity index (χ2n) is 6.98. The quantitative estimate of drug-likeness (QED) is 0.495. The Morgan fingerprint density at radius 3 is 2.45 bits per heavy atom. The van der Waals surface area contributed by atoms with E-state index < -0.39 is 21.0 Å². The summed E-state index contributed by atoms with van der Waals surface area (Å²) in [6.07, 6.45) is 0. The Morgan fingerprint density at radius 2 is 1.81 bits per heavy atom. The Labute approximate surface area is 189 Å². The Balaban J connectivity index is 1.64. The molecule has 1 atom stereocenters. The molecule has 31 heavy (non-hydrogen) atoms. The molecule has 2 aromatic rings. The lowest BCUT2D eigenvalue weighted by Gasteiger charge is -2.36. The van der Waals surface area contributed by atoms with E-state index in [9.17, 15) is 23.3 Å². The number of non-ortho nitro benzene ring substituents is 1. The van der Waals surface area contributed by atoms with Crippen LogP contribution in [-0.2, 0) is 14.8 Å². The molecule has 0 saturated carbocycles. The fourth-order valence-electron chi connectivity index (χ4n) is 3.23. The summed E-state index contributed by atoms with van der Waals surface area (Å²) in [6.45, 7) is 2.68. The van der Waals surface area contributed by atoms with Crippen LogP contribution in [0, 0.1) is 10.1 Å². The van der Waals surface area contributed by atoms with Gasteiger partial charge < -0.3 is 5.32 Å². The van der Waals surface area contributed by atoms with Gasteiger partial charge in [-0.1, -0.05) is 29.3 Å². The van der Waals surface area contributed by atoms with Crippen molar-refractivity contribution in [3.8, 4) is 0 Å². The zero-order valence-electron chi connectivity index (χ0n) is 16.5. The first kappa shape index (κ1) is 23.4. The normalized spacial score (nSPS) is 16.6. The van der Waals surface area contributed by atoms with Crippen molar-refractivity contribution >= 4 is 50.5 Å². The highest BCUT2D eigenvalue weighted by molar-refractivity contribution is 7.89. The van der Waals surface area contributed by atoms with Crippen molar-refractivity contribution in [2.45, 2.75) is 17.9 Å². The number of amides is 1. The van der Waals surface area contributed by atoms with E-state index in [2.05, 4.69) is 5.32 Å². The van der Waals surface area contributed by atoms with Gasteiger partial charge in [0, 0.05) is 43.3 Å². The molecule has 1 N–H and O–H groups in total. The predicted molar refractivity (Wildman–Crippen MR) is 118 cm³/mol. The van der Waals surface area contributed by atoms with Gasteiger partial charge in [0.2, 0.25) is 15.9 Å². The zero-order valence-corrected chi connectivity index (χ0v) is 18.8. The minimum absolute atomic E-state index is 0.128. The minimum atomic E-state index is -3.88. The molecular formula is C19H20Cl2N4O5S. The van der Waals surface area contributed by atoms with Gasteiger partial charge in [-0.3, -0.25) is 19.8 Å². The molecule has 9 nitrogen and oxygen atoms in total. The van der Waals surface area contributed by atoms with E-state index >= 15 is 0 Å². The van der Waals surface area contributed by atoms with E-state index in [0.717, 1.165) is 6.07 Å². The van der Waals surface area contributed by atoms with Crippen LogP contribution in [0.15, 0.2) is 47.4 Å². The van der Waals surface area contributed by atoms with E-state index in [1.165, 1.54) is 22.5 Å². The molecule has 0 aliphatic carbocycles. The van der Waals surface area contributed by atoms with Gasteiger partial charge in [-0.2, -0.15) is 4.31 Å². The highest BCUT2D eigenvalue weighted by Gasteiger charge is 2.32. The fraction of sp³-hybridized carbons (Fsp3) is 0.316. The number of benzene rings is 2. The van der Waals surface area contributed by atoms with Crippen molar-refractivity contribution in [3.63, 3.8) is 0 Å². The lowest BCUT2D eigenvalue weighted by atomic mass is 10.2. The van der Waals surface area contributed by atoms with E-state index in [1.54, 1.807) is 25.1 Å². The maximum atomic E-state index is 12.9. The standard InChI is InChI=1S/C19H20Cl2N4O5S/c1-13(19(26)22-18-11-14(20)5-6-17(18)21)23-7-9-24(10-8-23)31(29,30)16-4-2-3-15(12-16)25(27)28/h2-6,11-13H,7-10H2,1H3,(H,22,26). The van der Waals surface area contributed by atoms with Crippen LogP contribution in [0.2, 0.25) is 10.0 Å². The molecule has 1 heterocycles. The highest BCUT2D eigenvalue weighted by Crippen LogP contribution is 2.26. The fourth-order valence-corrected chi connectivity index (χ4v) is 5.03. The number of carbonyl (C=O) groups excluding carboxylic acids is 1. The van der Waals surface area contributed by atoms with Gasteiger partial charge in [0.15, 0.2) is 0 Å². The molecule has 2 aromatic carbocycles. The average Bonchev–Trinajstić information content (AvgIpc) is 2.75. The number of hydrogen-bond donors (Lipinski definition) is 1. The van der Waals surface area contributed by atoms with Crippen LogP contribution in [0.4, 0.5) is 11.4 Å². The lowest BCUT2D eigenvalue weighted by molar-refractivity contribution is -0.385. The van der Waals surface area contributed by atoms with Crippen molar-refractivity contribution in [3.05, 3.63) is 62.6 Å². The molecule has 1 unspecified atom stereocenters. The molecule has 0 spiro atoms. The number of halogens is 2. The Bertz CT molecular complexity index is 1100. The topological polar surface area (TPSA) is 113 Å². The number of carbonyl (C=O) groups is 1. The third-order valence-electron chi connectivity index (χ3n) is 5.05. The number of rotatable bonds is 6. The molecule has 3 rings (SSSR count). The minimum Gasteiger partial charge on any atom is -0.323 e. The number of anilines is 1. The summed E-state index contributed by atoms with van der Waals surface area (Å²) in [5.41, 5.74) is 0.114. The average molecular weight is 487 g/mol. The first-order chi connectivity index (χ1) is 14.6. The largest absolute Gasteiger partial charge is 0.323 e. The molecule has 166 valence electrons. The number of piperazine rings is 1. The molecule has 1 saturated heterocycles. The molecule has 1 amide bonds. The molecule has 1 fully saturated rings. The summed E-state index contributed by atoms with van der Waals surface area (Å²) >= 11 is 12.0. The molecule has 0 bridgehead atoms. The van der Waals surface area contributed by atoms with Crippen LogP contribution in [0.5, 0.6) is 0 Å². The van der Waals surface area contributed by atoms with E-state index in [-0.39, 0.29) is 29.6 Å². The Kier molecular flexibility index (Phi) is 7.17. The first-order valence-corrected chi connectivity index (χ1v) is 11.5. The summed E-state index contributed by atoms with van der Waals surface area (Å²) in [5.74, 6) is -0.292. The van der Waals surface area contributed by atoms with E-state index in [4.69, 9.17) is 23.2 Å². The first-order valence-electron chi connectivity index (χ1n) is 9.34. The number of sulfonamides is 1. The molecule has 1 aliphatic rings. The number of nitrogens with one attached hydrogen (secondary N) is 1. The third-order valence-corrected chi connectivity index (χ3v) is 7.51. The van der Waals surface area contributed by atoms with Crippen molar-refractivity contribution < 1.29 is 18.1 Å². The van der Waals surface area contributed by atoms with Crippen LogP contribution >= 0.6 is 23.2 Å². The van der Waals surface area contributed by atoms with E-state index in [0.29, 0.717) is 28.8 Å². The van der Waals surface area contributed by atoms with Crippen LogP contribution in [0.1, 0.15) is 6.92 Å². The van der Waals surface area contributed by atoms with Crippen molar-refractivity contribution in [2.75, 3.05) is 31.5 Å². The summed E-state index contributed by atoms with van der Waals surface area (Å²) in [5, 5.41) is 14.5. The van der Waals surface area contributed by atoms with Crippen LogP contribution in [0.3, 0.4) is 0 Å². The maximum Gasteiger partial charge on any atom is 0.270 e. The molecule has 0 aromatic heterocycles. The van der Waals surface area contributed by atoms with Gasteiger partial charge in [0.25, 0.3) is 5.69 Å². The number of nitro groups is 1. The van der Waals surface area contributed by atoms with Crippen molar-refractivity contribution in [1.82, 2.24) is 9.21 Å². The van der Waals surface area contributed by atoms with E-state index in [1.807, 2.05) is 4.90 Å². The maximum absolute atomic E-state index is 12.9. The van der Waals surface area contributed by atoms with Gasteiger partial charge in [0.1, 0.15) is 0 Å². The monoisotopic (exact) mass is 486 g/mol. The summed E-state index contributed by atoms with van der Waals surface area (Å²) in [6, 6.07) is 9.19. The van der Waals surface area contributed by atoms with Gasteiger partial charge in [-0.25, -0.2) is 8.42 Å². The molecule has 0 radical (unpaired) electrons. The molecular weight excluding hydrogens is 467 g/mol. The van der Waals surface area contributed by atoms with Crippen molar-refractivity contribution in [1.29, 1.82) is 0 Å². The Hall–Kier alpha value is -2.24. The summed E-state index contributed by atoms with van der Waals surface area (Å²) in [4.78, 5) is 24.7. The van der Waals surface area contributed by atoms with Crippen molar-refractivity contribution in [2.24, 2.45) is 0 Å². The second-order valence-corrected chi connectivity index (χ2v) is 9.77. The van der Waals surface area contributed by atoms with Gasteiger partial charge in [-0.05, 0) is 31.2 Å². The van der Waals surface area contributed by atoms with Gasteiger partial charge in [0.05, 0.1) is 26.6 Å². The summed E-state index contributed by atoms with van der Waals surface area (Å²) < 4.78 is 27.0. The van der Waals surface area contributed by atoms with Crippen LogP contribution in [-0.4, -0.2) is 60.7 Å². The number of nitrogens with zero attached hydrogens (tertiary/aromatic N) is 3. The third kappa shape index (κ3) is 5.34. The second kappa shape index (κ2) is 9.49. The molecule has 1 aliphatic heterocycles. The zero-order chi connectivity index (χ0) is 22.8.